The Morgan fingerprint density at radius 3 is 2.90 bits per heavy atom. The topological polar surface area (TPSA) is 42.1 Å². The predicted molar refractivity (Wildman–Crippen MR) is 38.6 cm³/mol. The van der Waals surface area contributed by atoms with Crippen LogP contribution in [0.4, 0.5) is 0 Å². The zero-order chi connectivity index (χ0) is 7.56. The molecule has 0 aliphatic rings. The van der Waals surface area contributed by atoms with Crippen LogP contribution in [0.3, 0.4) is 0 Å². The summed E-state index contributed by atoms with van der Waals surface area (Å²) in [5.41, 5.74) is -0.216. The highest BCUT2D eigenvalue weighted by atomic mass is 35.5. The van der Waals surface area contributed by atoms with Gasteiger partial charge in [-0.3, -0.25) is 4.79 Å². The van der Waals surface area contributed by atoms with Gasteiger partial charge in [-0.15, -0.1) is 0 Å². The minimum Gasteiger partial charge on any atom is -0.491 e. The van der Waals surface area contributed by atoms with E-state index in [1.807, 2.05) is 0 Å². The molecule has 54 valence electrons. The molecule has 0 unspecified atom stereocenters. The van der Waals surface area contributed by atoms with Gasteiger partial charge in [0.1, 0.15) is 5.15 Å². The Kier molecular flexibility index (Phi) is 1.97. The van der Waals surface area contributed by atoms with E-state index in [0.29, 0.717) is 5.15 Å². The van der Waals surface area contributed by atoms with Crippen molar-refractivity contribution in [1.82, 2.24) is 4.98 Å². The first-order chi connectivity index (χ1) is 4.74. The van der Waals surface area contributed by atoms with Crippen LogP contribution in [-0.2, 0) is 0 Å². The average molecular weight is 160 g/mol. The van der Waals surface area contributed by atoms with E-state index in [4.69, 9.17) is 16.3 Å². The molecule has 1 rings (SSSR count). The first-order valence-electron chi connectivity index (χ1n) is 2.66. The fourth-order valence-corrected chi connectivity index (χ4v) is 0.747. The van der Waals surface area contributed by atoms with Crippen LogP contribution >= 0.6 is 11.6 Å². The van der Waals surface area contributed by atoms with Crippen LogP contribution in [0.1, 0.15) is 0 Å². The van der Waals surface area contributed by atoms with Crippen LogP contribution in [0.2, 0.25) is 5.15 Å². The Labute approximate surface area is 62.6 Å². The molecular formula is C6H6ClNO2. The number of hydrogen-bond donors (Lipinski definition) is 1. The van der Waals surface area contributed by atoms with Gasteiger partial charge in [0.15, 0.2) is 5.75 Å². The molecule has 0 saturated heterocycles. The number of hydrogen-bond acceptors (Lipinski definition) is 2. The first kappa shape index (κ1) is 7.15. The summed E-state index contributed by atoms with van der Waals surface area (Å²) in [7, 11) is 1.43. The summed E-state index contributed by atoms with van der Waals surface area (Å²) in [4.78, 5) is 13.5. The van der Waals surface area contributed by atoms with E-state index in [0.717, 1.165) is 0 Å². The number of methoxy groups -OCH3 is 1. The van der Waals surface area contributed by atoms with Crippen LogP contribution in [0.15, 0.2) is 17.1 Å². The molecule has 0 aromatic carbocycles. The van der Waals surface area contributed by atoms with Gasteiger partial charge in [-0.1, -0.05) is 11.6 Å². The predicted octanol–water partition coefficient (Wildman–Crippen LogP) is 1.04. The standard InChI is InChI=1S/C6H6ClNO2/c1-10-5-3-8-6(7)2-4(5)9/h2-3H,1H3,(H,8,9). The second-order valence-electron chi connectivity index (χ2n) is 1.71. The van der Waals surface area contributed by atoms with Gasteiger partial charge in [0.2, 0.25) is 5.43 Å². The minimum absolute atomic E-state index is 0.216. The lowest BCUT2D eigenvalue weighted by Crippen LogP contribution is -2.03. The molecule has 0 aliphatic heterocycles. The van der Waals surface area contributed by atoms with E-state index in [1.165, 1.54) is 19.4 Å². The SMILES string of the molecule is COc1c[nH]c(Cl)cc1=O. The van der Waals surface area contributed by atoms with Gasteiger partial charge < -0.3 is 9.72 Å². The number of halogens is 1. The molecule has 1 aromatic rings. The molecule has 10 heavy (non-hydrogen) atoms. The molecule has 1 aromatic heterocycles. The largest absolute Gasteiger partial charge is 0.491 e. The summed E-state index contributed by atoms with van der Waals surface area (Å²) in [6.45, 7) is 0. The Bertz CT molecular complexity index is 281. The van der Waals surface area contributed by atoms with Crippen molar-refractivity contribution in [3.05, 3.63) is 27.6 Å². The van der Waals surface area contributed by atoms with Crippen molar-refractivity contribution in [3.8, 4) is 5.75 Å². The lowest BCUT2D eigenvalue weighted by molar-refractivity contribution is 0.409. The van der Waals surface area contributed by atoms with Crippen molar-refractivity contribution in [2.24, 2.45) is 0 Å². The van der Waals surface area contributed by atoms with E-state index < -0.39 is 0 Å². The number of pyridine rings is 1. The fraction of sp³-hybridized carbons (Fsp3) is 0.167. The number of aromatic amines is 1. The quantitative estimate of drug-likeness (QED) is 0.622. The maximum Gasteiger partial charge on any atom is 0.224 e. The second-order valence-corrected chi connectivity index (χ2v) is 2.12. The Hall–Kier alpha value is -0.960. The van der Waals surface area contributed by atoms with Crippen LogP contribution in [0.25, 0.3) is 0 Å². The summed E-state index contributed by atoms with van der Waals surface area (Å²) in [5, 5.41) is 0.311. The van der Waals surface area contributed by atoms with E-state index in [1.54, 1.807) is 0 Å². The van der Waals surface area contributed by atoms with Gasteiger partial charge in [0.05, 0.1) is 7.11 Å². The monoisotopic (exact) mass is 159 g/mol. The number of rotatable bonds is 1. The smallest absolute Gasteiger partial charge is 0.224 e. The van der Waals surface area contributed by atoms with Crippen LogP contribution in [0.5, 0.6) is 5.75 Å². The molecule has 1 N–H and O–H groups in total. The van der Waals surface area contributed by atoms with E-state index in [2.05, 4.69) is 4.98 Å². The lowest BCUT2D eigenvalue weighted by Gasteiger charge is -1.95. The molecule has 0 spiro atoms. The molecule has 0 bridgehead atoms. The van der Waals surface area contributed by atoms with Gasteiger partial charge in [-0.2, -0.15) is 0 Å². The lowest BCUT2D eigenvalue weighted by atomic mass is 10.4. The molecule has 0 amide bonds. The maximum absolute atomic E-state index is 10.8. The third kappa shape index (κ3) is 1.30. The first-order valence-corrected chi connectivity index (χ1v) is 3.04. The highest BCUT2D eigenvalue weighted by Gasteiger charge is 1.96. The van der Waals surface area contributed by atoms with E-state index in [-0.39, 0.29) is 11.2 Å². The molecule has 0 fully saturated rings. The van der Waals surface area contributed by atoms with Gasteiger partial charge in [0, 0.05) is 12.3 Å². The minimum atomic E-state index is -0.216. The van der Waals surface area contributed by atoms with Crippen LogP contribution in [0, 0.1) is 0 Å². The summed E-state index contributed by atoms with van der Waals surface area (Å²) >= 11 is 5.46. The number of H-pyrrole nitrogens is 1. The van der Waals surface area contributed by atoms with Crippen molar-refractivity contribution in [1.29, 1.82) is 0 Å². The molecule has 0 aliphatic carbocycles. The zero-order valence-corrected chi connectivity index (χ0v) is 6.11. The van der Waals surface area contributed by atoms with Gasteiger partial charge in [0.25, 0.3) is 0 Å². The number of aromatic nitrogens is 1. The average Bonchev–Trinajstić information content (AvgIpc) is 1.88. The summed E-state index contributed by atoms with van der Waals surface area (Å²) < 4.78 is 4.70. The van der Waals surface area contributed by atoms with Crippen LogP contribution < -0.4 is 10.2 Å². The third-order valence-electron chi connectivity index (χ3n) is 1.06. The molecule has 0 radical (unpaired) electrons. The summed E-state index contributed by atoms with van der Waals surface area (Å²) in [6.07, 6.45) is 1.42. The van der Waals surface area contributed by atoms with Crippen molar-refractivity contribution < 1.29 is 4.74 Å². The fourth-order valence-electron chi connectivity index (χ4n) is 0.593. The number of nitrogens with one attached hydrogen (secondary N) is 1. The van der Waals surface area contributed by atoms with E-state index >= 15 is 0 Å². The molecular weight excluding hydrogens is 154 g/mol. The molecule has 4 heteroatoms. The molecule has 3 nitrogen and oxygen atoms in total. The Morgan fingerprint density at radius 2 is 2.40 bits per heavy atom. The van der Waals surface area contributed by atoms with Gasteiger partial charge >= 0.3 is 0 Å². The van der Waals surface area contributed by atoms with Crippen molar-refractivity contribution >= 4 is 11.6 Å². The maximum atomic E-state index is 10.8. The second kappa shape index (κ2) is 2.75. The Balaban J connectivity index is 3.20. The van der Waals surface area contributed by atoms with Gasteiger partial charge in [-0.25, -0.2) is 0 Å². The third-order valence-corrected chi connectivity index (χ3v) is 1.28. The van der Waals surface area contributed by atoms with Crippen molar-refractivity contribution in [3.63, 3.8) is 0 Å². The molecule has 1 heterocycles. The highest BCUT2D eigenvalue weighted by molar-refractivity contribution is 6.29. The normalized spacial score (nSPS) is 9.40. The summed E-state index contributed by atoms with van der Waals surface area (Å²) in [6, 6.07) is 1.26. The van der Waals surface area contributed by atoms with Crippen molar-refractivity contribution in [2.45, 2.75) is 0 Å². The van der Waals surface area contributed by atoms with Crippen LogP contribution in [-0.4, -0.2) is 12.1 Å². The molecule has 0 atom stereocenters. The zero-order valence-electron chi connectivity index (χ0n) is 5.35. The Morgan fingerprint density at radius 1 is 1.70 bits per heavy atom. The van der Waals surface area contributed by atoms with E-state index in [9.17, 15) is 4.79 Å². The molecule has 0 saturated carbocycles. The number of ether oxygens (including phenoxy) is 1. The highest BCUT2D eigenvalue weighted by Crippen LogP contribution is 2.03. The van der Waals surface area contributed by atoms with Crippen molar-refractivity contribution in [2.75, 3.05) is 7.11 Å². The van der Waals surface area contributed by atoms with Gasteiger partial charge in [-0.05, 0) is 0 Å². The summed E-state index contributed by atoms with van der Waals surface area (Å²) in [5.74, 6) is 0.268.